The van der Waals surface area contributed by atoms with Crippen molar-refractivity contribution in [2.45, 2.75) is 12.8 Å². The Morgan fingerprint density at radius 2 is 2.05 bits per heavy atom. The highest BCUT2D eigenvalue weighted by Gasteiger charge is 2.28. The topological polar surface area (TPSA) is 66.3 Å². The lowest BCUT2D eigenvalue weighted by Gasteiger charge is -2.16. The van der Waals surface area contributed by atoms with Gasteiger partial charge in [-0.05, 0) is 24.1 Å². The minimum absolute atomic E-state index is 0.0911. The smallest absolute Gasteiger partial charge is 0.223 e. The highest BCUT2D eigenvalue weighted by molar-refractivity contribution is 5.78. The zero-order chi connectivity index (χ0) is 13.9. The molecular formula is C15H17N3O2. The van der Waals surface area contributed by atoms with E-state index in [0.29, 0.717) is 19.5 Å². The molecule has 1 amide bonds. The second-order valence-corrected chi connectivity index (χ2v) is 5.22. The van der Waals surface area contributed by atoms with Gasteiger partial charge in [-0.2, -0.15) is 0 Å². The average molecular weight is 271 g/mol. The molecule has 0 bridgehead atoms. The fourth-order valence-corrected chi connectivity index (χ4v) is 2.62. The molecule has 1 aromatic carbocycles. The second kappa shape index (κ2) is 5.54. The number of likely N-dealkylation sites (tertiary alicyclic amines) is 1. The Hall–Kier alpha value is -2.01. The van der Waals surface area contributed by atoms with Crippen LogP contribution in [0.5, 0.6) is 0 Å². The molecule has 1 aromatic heterocycles. The van der Waals surface area contributed by atoms with E-state index in [1.54, 1.807) is 12.4 Å². The number of hydrogen-bond acceptors (Lipinski definition) is 4. The van der Waals surface area contributed by atoms with Gasteiger partial charge in [0, 0.05) is 44.4 Å². The molecule has 1 aliphatic heterocycles. The Balaban J connectivity index is 1.66. The Kier molecular flexibility index (Phi) is 3.60. The minimum atomic E-state index is 0.0911. The maximum atomic E-state index is 11.8. The van der Waals surface area contributed by atoms with Crippen LogP contribution < -0.4 is 0 Å². The number of hydrogen-bond donors (Lipinski definition) is 1. The largest absolute Gasteiger partial charge is 0.396 e. The van der Waals surface area contributed by atoms with Gasteiger partial charge in [0.05, 0.1) is 11.0 Å². The molecule has 104 valence electrons. The SMILES string of the molecule is O=C1CC(CO)CN1CCc1ccc2nccnc2c1. The van der Waals surface area contributed by atoms with Gasteiger partial charge in [-0.25, -0.2) is 0 Å². The van der Waals surface area contributed by atoms with Gasteiger partial charge >= 0.3 is 0 Å². The summed E-state index contributed by atoms with van der Waals surface area (Å²) in [6.45, 7) is 1.46. The summed E-state index contributed by atoms with van der Waals surface area (Å²) in [5.41, 5.74) is 2.91. The molecule has 2 heterocycles. The van der Waals surface area contributed by atoms with E-state index in [-0.39, 0.29) is 18.4 Å². The molecular weight excluding hydrogens is 254 g/mol. The Morgan fingerprint density at radius 1 is 1.25 bits per heavy atom. The van der Waals surface area contributed by atoms with E-state index in [9.17, 15) is 4.79 Å². The molecule has 1 saturated heterocycles. The van der Waals surface area contributed by atoms with Crippen molar-refractivity contribution in [3.05, 3.63) is 36.2 Å². The molecule has 0 spiro atoms. The Labute approximate surface area is 117 Å². The van der Waals surface area contributed by atoms with Crippen LogP contribution in [0.2, 0.25) is 0 Å². The van der Waals surface area contributed by atoms with Crippen molar-refractivity contribution in [2.75, 3.05) is 19.7 Å². The minimum Gasteiger partial charge on any atom is -0.396 e. The molecule has 0 aliphatic carbocycles. The molecule has 20 heavy (non-hydrogen) atoms. The zero-order valence-electron chi connectivity index (χ0n) is 11.2. The van der Waals surface area contributed by atoms with E-state index in [1.807, 2.05) is 23.1 Å². The average Bonchev–Trinajstić information content (AvgIpc) is 2.85. The van der Waals surface area contributed by atoms with Crippen LogP contribution in [-0.2, 0) is 11.2 Å². The summed E-state index contributed by atoms with van der Waals surface area (Å²) in [4.78, 5) is 22.1. The highest BCUT2D eigenvalue weighted by atomic mass is 16.3. The van der Waals surface area contributed by atoms with Gasteiger partial charge in [0.25, 0.3) is 0 Å². The number of fused-ring (bicyclic) bond motifs is 1. The fraction of sp³-hybridized carbons (Fsp3) is 0.400. The summed E-state index contributed by atoms with van der Waals surface area (Å²) in [7, 11) is 0. The predicted octanol–water partition coefficient (Wildman–Crippen LogP) is 1.01. The van der Waals surface area contributed by atoms with E-state index in [4.69, 9.17) is 5.11 Å². The van der Waals surface area contributed by atoms with E-state index in [2.05, 4.69) is 9.97 Å². The first-order valence-corrected chi connectivity index (χ1v) is 6.84. The summed E-state index contributed by atoms with van der Waals surface area (Å²) in [5, 5.41) is 9.11. The predicted molar refractivity (Wildman–Crippen MR) is 75.0 cm³/mol. The zero-order valence-corrected chi connectivity index (χ0v) is 11.2. The molecule has 1 N–H and O–H groups in total. The van der Waals surface area contributed by atoms with E-state index < -0.39 is 0 Å². The van der Waals surface area contributed by atoms with E-state index in [0.717, 1.165) is 23.0 Å². The van der Waals surface area contributed by atoms with Crippen LogP contribution in [0.3, 0.4) is 0 Å². The quantitative estimate of drug-likeness (QED) is 0.901. The van der Waals surface area contributed by atoms with Crippen molar-refractivity contribution >= 4 is 16.9 Å². The fourth-order valence-electron chi connectivity index (χ4n) is 2.62. The molecule has 5 nitrogen and oxygen atoms in total. The maximum absolute atomic E-state index is 11.8. The molecule has 5 heteroatoms. The molecule has 1 fully saturated rings. The molecule has 1 unspecified atom stereocenters. The summed E-state index contributed by atoms with van der Waals surface area (Å²) < 4.78 is 0. The number of amides is 1. The molecule has 2 aromatic rings. The highest BCUT2D eigenvalue weighted by Crippen LogP contribution is 2.18. The second-order valence-electron chi connectivity index (χ2n) is 5.22. The number of carbonyl (C=O) groups is 1. The van der Waals surface area contributed by atoms with Crippen LogP contribution in [0.4, 0.5) is 0 Å². The lowest BCUT2D eigenvalue weighted by Crippen LogP contribution is -2.27. The lowest BCUT2D eigenvalue weighted by atomic mass is 10.1. The number of benzene rings is 1. The van der Waals surface area contributed by atoms with Crippen molar-refractivity contribution in [2.24, 2.45) is 5.92 Å². The van der Waals surface area contributed by atoms with Crippen LogP contribution in [0.15, 0.2) is 30.6 Å². The van der Waals surface area contributed by atoms with Crippen molar-refractivity contribution in [3.63, 3.8) is 0 Å². The summed E-state index contributed by atoms with van der Waals surface area (Å²) in [5.74, 6) is 0.245. The van der Waals surface area contributed by atoms with Crippen molar-refractivity contribution in [1.29, 1.82) is 0 Å². The summed E-state index contributed by atoms with van der Waals surface area (Å²) in [6.07, 6.45) is 4.64. The first-order valence-electron chi connectivity index (χ1n) is 6.84. The molecule has 0 saturated carbocycles. The van der Waals surface area contributed by atoms with Gasteiger partial charge in [0.15, 0.2) is 0 Å². The Morgan fingerprint density at radius 3 is 2.80 bits per heavy atom. The van der Waals surface area contributed by atoms with Crippen LogP contribution in [0.25, 0.3) is 11.0 Å². The number of aliphatic hydroxyl groups is 1. The van der Waals surface area contributed by atoms with Gasteiger partial charge in [0.2, 0.25) is 5.91 Å². The van der Waals surface area contributed by atoms with Crippen molar-refractivity contribution < 1.29 is 9.90 Å². The Bertz CT molecular complexity index is 629. The molecule has 1 aliphatic rings. The third-order valence-corrected chi connectivity index (χ3v) is 3.76. The van der Waals surface area contributed by atoms with E-state index in [1.165, 1.54) is 0 Å². The molecule has 1 atom stereocenters. The first kappa shape index (κ1) is 13.0. The summed E-state index contributed by atoms with van der Waals surface area (Å²) >= 11 is 0. The summed E-state index contributed by atoms with van der Waals surface area (Å²) in [6, 6.07) is 6.01. The monoisotopic (exact) mass is 271 g/mol. The number of aromatic nitrogens is 2. The van der Waals surface area contributed by atoms with Gasteiger partial charge in [-0.15, -0.1) is 0 Å². The van der Waals surface area contributed by atoms with Crippen LogP contribution in [-0.4, -0.2) is 45.6 Å². The standard InChI is InChI=1S/C15H17N3O2/c19-10-12-8-15(20)18(9-12)6-3-11-1-2-13-14(7-11)17-5-4-16-13/h1-2,4-5,7,12,19H,3,6,8-10H2. The van der Waals surface area contributed by atoms with Gasteiger partial charge < -0.3 is 10.0 Å². The van der Waals surface area contributed by atoms with E-state index >= 15 is 0 Å². The normalized spacial score (nSPS) is 18.9. The van der Waals surface area contributed by atoms with Crippen molar-refractivity contribution in [1.82, 2.24) is 14.9 Å². The number of carbonyl (C=O) groups excluding carboxylic acids is 1. The lowest BCUT2D eigenvalue weighted by molar-refractivity contribution is -0.127. The number of aliphatic hydroxyl groups excluding tert-OH is 1. The molecule has 0 radical (unpaired) electrons. The maximum Gasteiger partial charge on any atom is 0.223 e. The van der Waals surface area contributed by atoms with Gasteiger partial charge in [-0.1, -0.05) is 6.07 Å². The van der Waals surface area contributed by atoms with Gasteiger partial charge in [-0.3, -0.25) is 14.8 Å². The van der Waals surface area contributed by atoms with Crippen LogP contribution in [0.1, 0.15) is 12.0 Å². The third-order valence-electron chi connectivity index (χ3n) is 3.76. The number of nitrogens with zero attached hydrogens (tertiary/aromatic N) is 3. The van der Waals surface area contributed by atoms with Crippen molar-refractivity contribution in [3.8, 4) is 0 Å². The first-order chi connectivity index (χ1) is 9.76. The number of rotatable bonds is 4. The van der Waals surface area contributed by atoms with Gasteiger partial charge in [0.1, 0.15) is 0 Å². The van der Waals surface area contributed by atoms with Crippen LogP contribution in [0, 0.1) is 5.92 Å². The molecule has 3 rings (SSSR count). The van der Waals surface area contributed by atoms with Crippen LogP contribution >= 0.6 is 0 Å². The third kappa shape index (κ3) is 2.63.